The Balaban J connectivity index is 2.60. The molecule has 0 radical (unpaired) electrons. The number of hydrogen-bond acceptors (Lipinski definition) is 3. The summed E-state index contributed by atoms with van der Waals surface area (Å²) in [4.78, 5) is 13.5. The zero-order valence-electron chi connectivity index (χ0n) is 10.2. The maximum atomic E-state index is 11.8. The smallest absolute Gasteiger partial charge is 0.410 e. The molecular weight excluding hydrogens is 192 g/mol. The van der Waals surface area contributed by atoms with Crippen LogP contribution in [0.4, 0.5) is 4.79 Å². The molecule has 1 fully saturated rings. The molecule has 0 aromatic heterocycles. The van der Waals surface area contributed by atoms with Crippen LogP contribution in [0.15, 0.2) is 0 Å². The predicted octanol–water partition coefficient (Wildman–Crippen LogP) is 1.73. The van der Waals surface area contributed by atoms with Gasteiger partial charge in [-0.15, -0.1) is 0 Å². The van der Waals surface area contributed by atoms with Crippen molar-refractivity contribution in [3.05, 3.63) is 0 Å². The van der Waals surface area contributed by atoms with E-state index in [2.05, 4.69) is 0 Å². The van der Waals surface area contributed by atoms with Gasteiger partial charge in [0.2, 0.25) is 0 Å². The molecule has 1 amide bonds. The number of carbonyl (C=O) groups is 1. The van der Waals surface area contributed by atoms with Crippen molar-refractivity contribution >= 4 is 6.09 Å². The molecule has 4 nitrogen and oxygen atoms in total. The standard InChI is InChI=1S/C11H22N2O2/c1-10(2,3)15-9(14)13(4)11(8-12)6-5-7-11/h5-8,12H2,1-4H3. The number of hydrogen-bond donors (Lipinski definition) is 1. The van der Waals surface area contributed by atoms with Crippen molar-refractivity contribution in [3.63, 3.8) is 0 Å². The third-order valence-electron chi connectivity index (χ3n) is 3.04. The largest absolute Gasteiger partial charge is 0.444 e. The van der Waals surface area contributed by atoms with E-state index in [1.807, 2.05) is 20.8 Å². The molecular formula is C11H22N2O2. The quantitative estimate of drug-likeness (QED) is 0.761. The molecule has 0 spiro atoms. The minimum Gasteiger partial charge on any atom is -0.444 e. The fourth-order valence-electron chi connectivity index (χ4n) is 1.79. The van der Waals surface area contributed by atoms with Crippen molar-refractivity contribution in [1.29, 1.82) is 0 Å². The van der Waals surface area contributed by atoms with Gasteiger partial charge in [-0.3, -0.25) is 0 Å². The Labute approximate surface area is 91.8 Å². The van der Waals surface area contributed by atoms with Crippen LogP contribution in [0.1, 0.15) is 40.0 Å². The molecule has 15 heavy (non-hydrogen) atoms. The fraction of sp³-hybridized carbons (Fsp3) is 0.909. The summed E-state index contributed by atoms with van der Waals surface area (Å²) in [7, 11) is 1.78. The van der Waals surface area contributed by atoms with Gasteiger partial charge in [0.15, 0.2) is 0 Å². The van der Waals surface area contributed by atoms with E-state index in [9.17, 15) is 4.79 Å². The lowest BCUT2D eigenvalue weighted by Gasteiger charge is -2.47. The Bertz CT molecular complexity index is 236. The second-order valence-electron chi connectivity index (χ2n) is 5.32. The van der Waals surface area contributed by atoms with Gasteiger partial charge in [-0.05, 0) is 40.0 Å². The van der Waals surface area contributed by atoms with Gasteiger partial charge < -0.3 is 15.4 Å². The first-order valence-electron chi connectivity index (χ1n) is 5.48. The Morgan fingerprint density at radius 1 is 1.47 bits per heavy atom. The van der Waals surface area contributed by atoms with E-state index >= 15 is 0 Å². The monoisotopic (exact) mass is 214 g/mol. The van der Waals surface area contributed by atoms with Gasteiger partial charge in [0.25, 0.3) is 0 Å². The summed E-state index contributed by atoms with van der Waals surface area (Å²) in [5.41, 5.74) is 5.13. The van der Waals surface area contributed by atoms with Gasteiger partial charge in [0, 0.05) is 13.6 Å². The highest BCUT2D eigenvalue weighted by Gasteiger charge is 2.43. The minimum atomic E-state index is -0.440. The van der Waals surface area contributed by atoms with Crippen LogP contribution in [0.2, 0.25) is 0 Å². The predicted molar refractivity (Wildman–Crippen MR) is 59.6 cm³/mol. The molecule has 1 aliphatic carbocycles. The zero-order valence-corrected chi connectivity index (χ0v) is 10.2. The molecule has 2 N–H and O–H groups in total. The number of nitrogens with zero attached hydrogens (tertiary/aromatic N) is 1. The lowest BCUT2D eigenvalue weighted by Crippen LogP contribution is -2.59. The van der Waals surface area contributed by atoms with Gasteiger partial charge in [-0.25, -0.2) is 4.79 Å². The van der Waals surface area contributed by atoms with Crippen LogP contribution in [0.25, 0.3) is 0 Å². The van der Waals surface area contributed by atoms with E-state index in [1.165, 1.54) is 0 Å². The highest BCUT2D eigenvalue weighted by Crippen LogP contribution is 2.36. The summed E-state index contributed by atoms with van der Waals surface area (Å²) in [6, 6.07) is 0. The average Bonchev–Trinajstić information content (AvgIpc) is 1.99. The average molecular weight is 214 g/mol. The molecule has 0 saturated heterocycles. The molecule has 88 valence electrons. The molecule has 0 aromatic carbocycles. The number of nitrogens with two attached hydrogens (primary N) is 1. The molecule has 1 saturated carbocycles. The first-order valence-corrected chi connectivity index (χ1v) is 5.48. The summed E-state index contributed by atoms with van der Waals surface area (Å²) in [6.07, 6.45) is 2.84. The van der Waals surface area contributed by atoms with Crippen molar-refractivity contribution in [2.24, 2.45) is 5.73 Å². The molecule has 4 heteroatoms. The Hall–Kier alpha value is -0.770. The fourth-order valence-corrected chi connectivity index (χ4v) is 1.79. The maximum Gasteiger partial charge on any atom is 0.410 e. The molecule has 1 rings (SSSR count). The SMILES string of the molecule is CN(C(=O)OC(C)(C)C)C1(CN)CCC1. The third-order valence-corrected chi connectivity index (χ3v) is 3.04. The third kappa shape index (κ3) is 2.62. The molecule has 0 atom stereocenters. The van der Waals surface area contributed by atoms with E-state index < -0.39 is 5.60 Å². The highest BCUT2D eigenvalue weighted by molar-refractivity contribution is 5.69. The number of likely N-dealkylation sites (N-methyl/N-ethyl adjacent to an activating group) is 1. The molecule has 0 heterocycles. The molecule has 0 unspecified atom stereocenters. The molecule has 0 bridgehead atoms. The maximum absolute atomic E-state index is 11.8. The van der Waals surface area contributed by atoms with Crippen molar-refractivity contribution < 1.29 is 9.53 Å². The first kappa shape index (κ1) is 12.3. The van der Waals surface area contributed by atoms with Gasteiger partial charge in [0.1, 0.15) is 5.60 Å². The van der Waals surface area contributed by atoms with Crippen LogP contribution in [-0.2, 0) is 4.74 Å². The van der Waals surface area contributed by atoms with E-state index in [4.69, 9.17) is 10.5 Å². The van der Waals surface area contributed by atoms with Crippen LogP contribution in [0, 0.1) is 0 Å². The van der Waals surface area contributed by atoms with E-state index in [-0.39, 0.29) is 11.6 Å². The van der Waals surface area contributed by atoms with Crippen LogP contribution < -0.4 is 5.73 Å². The lowest BCUT2D eigenvalue weighted by molar-refractivity contribution is -0.0130. The summed E-state index contributed by atoms with van der Waals surface area (Å²) in [6.45, 7) is 6.13. The molecule has 0 aliphatic heterocycles. The van der Waals surface area contributed by atoms with Crippen molar-refractivity contribution in [3.8, 4) is 0 Å². The summed E-state index contributed by atoms with van der Waals surface area (Å²) in [5.74, 6) is 0. The van der Waals surface area contributed by atoms with Crippen LogP contribution >= 0.6 is 0 Å². The van der Waals surface area contributed by atoms with Crippen LogP contribution in [0.5, 0.6) is 0 Å². The number of ether oxygens (including phenoxy) is 1. The Kier molecular flexibility index (Phi) is 3.28. The normalized spacial score (nSPS) is 19.3. The highest BCUT2D eigenvalue weighted by atomic mass is 16.6. The topological polar surface area (TPSA) is 55.6 Å². The zero-order chi connectivity index (χ0) is 11.7. The van der Waals surface area contributed by atoms with E-state index in [1.54, 1.807) is 11.9 Å². The lowest BCUT2D eigenvalue weighted by atomic mass is 9.76. The van der Waals surface area contributed by atoms with E-state index in [0.717, 1.165) is 19.3 Å². The van der Waals surface area contributed by atoms with Crippen molar-refractivity contribution in [2.75, 3.05) is 13.6 Å². The van der Waals surface area contributed by atoms with Crippen LogP contribution in [0.3, 0.4) is 0 Å². The number of carbonyl (C=O) groups excluding carboxylic acids is 1. The van der Waals surface area contributed by atoms with E-state index in [0.29, 0.717) is 6.54 Å². The summed E-state index contributed by atoms with van der Waals surface area (Å²) >= 11 is 0. The summed E-state index contributed by atoms with van der Waals surface area (Å²) in [5, 5.41) is 0. The first-order chi connectivity index (χ1) is 6.81. The Morgan fingerprint density at radius 3 is 2.27 bits per heavy atom. The van der Waals surface area contributed by atoms with Crippen LogP contribution in [-0.4, -0.2) is 35.7 Å². The minimum absolute atomic E-state index is 0.150. The van der Waals surface area contributed by atoms with Gasteiger partial charge in [-0.1, -0.05) is 0 Å². The van der Waals surface area contributed by atoms with Gasteiger partial charge in [0.05, 0.1) is 5.54 Å². The Morgan fingerprint density at radius 2 is 2.00 bits per heavy atom. The second-order valence-corrected chi connectivity index (χ2v) is 5.32. The van der Waals surface area contributed by atoms with Crippen molar-refractivity contribution in [1.82, 2.24) is 4.90 Å². The van der Waals surface area contributed by atoms with Crippen molar-refractivity contribution in [2.45, 2.75) is 51.2 Å². The van der Waals surface area contributed by atoms with Gasteiger partial charge in [-0.2, -0.15) is 0 Å². The van der Waals surface area contributed by atoms with Gasteiger partial charge >= 0.3 is 6.09 Å². The molecule has 0 aromatic rings. The second kappa shape index (κ2) is 4.00. The number of rotatable bonds is 2. The number of amides is 1. The summed E-state index contributed by atoms with van der Waals surface area (Å²) < 4.78 is 5.31. The molecule has 1 aliphatic rings.